The van der Waals surface area contributed by atoms with Crippen molar-refractivity contribution >= 4 is 17.5 Å². The summed E-state index contributed by atoms with van der Waals surface area (Å²) in [5, 5.41) is 16.1. The van der Waals surface area contributed by atoms with Crippen molar-refractivity contribution < 1.29 is 23.5 Å². The van der Waals surface area contributed by atoms with Gasteiger partial charge >= 0.3 is 0 Å². The molecule has 1 unspecified atom stereocenters. The predicted octanol–water partition coefficient (Wildman–Crippen LogP) is 6.14. The van der Waals surface area contributed by atoms with Crippen molar-refractivity contribution in [3.63, 3.8) is 0 Å². The zero-order chi connectivity index (χ0) is 32.0. The van der Waals surface area contributed by atoms with Gasteiger partial charge in [-0.3, -0.25) is 14.5 Å². The van der Waals surface area contributed by atoms with E-state index in [9.17, 15) is 9.59 Å². The highest BCUT2D eigenvalue weighted by Crippen LogP contribution is 2.36. The van der Waals surface area contributed by atoms with Crippen molar-refractivity contribution in [3.05, 3.63) is 71.7 Å². The summed E-state index contributed by atoms with van der Waals surface area (Å²) in [6.07, 6.45) is 10.1. The van der Waals surface area contributed by atoms with Crippen LogP contribution in [-0.2, 0) is 16.1 Å². The fourth-order valence-corrected chi connectivity index (χ4v) is 6.70. The molecular weight excluding hydrogens is 584 g/mol. The van der Waals surface area contributed by atoms with E-state index in [0.29, 0.717) is 46.0 Å². The number of amides is 2. The topological polar surface area (TPSA) is 125 Å². The van der Waals surface area contributed by atoms with Crippen molar-refractivity contribution in [1.82, 2.24) is 25.5 Å². The van der Waals surface area contributed by atoms with Crippen LogP contribution in [0.5, 0.6) is 11.5 Å². The fourth-order valence-electron chi connectivity index (χ4n) is 6.70. The van der Waals surface area contributed by atoms with Gasteiger partial charge in [0.05, 0.1) is 14.2 Å². The number of carbonyl (C=O) groups excluding carboxylic acids is 2. The highest BCUT2D eigenvalue weighted by atomic mass is 16.5. The second kappa shape index (κ2) is 14.2. The Hall–Kier alpha value is -4.67. The third-order valence-electron chi connectivity index (χ3n) is 9.13. The van der Waals surface area contributed by atoms with Crippen LogP contribution >= 0.6 is 0 Å². The molecular formula is C35H42N6O5. The van der Waals surface area contributed by atoms with Crippen molar-refractivity contribution in [2.75, 3.05) is 19.1 Å². The maximum absolute atomic E-state index is 14.3. The second-order valence-corrected chi connectivity index (χ2v) is 12.2. The van der Waals surface area contributed by atoms with Gasteiger partial charge < -0.3 is 19.2 Å². The first-order chi connectivity index (χ1) is 22.4. The number of rotatable bonds is 11. The Morgan fingerprint density at radius 3 is 2.33 bits per heavy atom. The number of benzene rings is 2. The summed E-state index contributed by atoms with van der Waals surface area (Å²) in [5.74, 6) is 2.35. The first-order valence-corrected chi connectivity index (χ1v) is 16.2. The number of furan rings is 1. The SMILES string of the molecule is COc1ccc(-c2nnn(CC(=O)N(c3ccc(C4CCCCC4)cc3)C(C(=O)NC3CCCC3)c3ccc(C)o3)n2)cc1OC. The molecule has 2 aromatic carbocycles. The minimum absolute atomic E-state index is 0.0673. The molecule has 11 heteroatoms. The number of aromatic nitrogens is 4. The molecule has 2 heterocycles. The molecule has 0 spiro atoms. The molecule has 6 rings (SSSR count). The van der Waals surface area contributed by atoms with Crippen LogP contribution in [0.15, 0.2) is 59.0 Å². The third-order valence-corrected chi connectivity index (χ3v) is 9.13. The van der Waals surface area contributed by atoms with Gasteiger partial charge in [0.25, 0.3) is 11.8 Å². The van der Waals surface area contributed by atoms with E-state index in [0.717, 1.165) is 25.7 Å². The lowest BCUT2D eigenvalue weighted by Crippen LogP contribution is -2.47. The first kappa shape index (κ1) is 31.3. The highest BCUT2D eigenvalue weighted by Gasteiger charge is 2.37. The van der Waals surface area contributed by atoms with Gasteiger partial charge in [-0.25, -0.2) is 0 Å². The molecule has 2 aliphatic carbocycles. The number of methoxy groups -OCH3 is 2. The lowest BCUT2D eigenvalue weighted by molar-refractivity contribution is -0.128. The minimum atomic E-state index is -1.02. The number of hydrogen-bond acceptors (Lipinski definition) is 8. The summed E-state index contributed by atoms with van der Waals surface area (Å²) in [5.41, 5.74) is 2.52. The van der Waals surface area contributed by atoms with Crippen molar-refractivity contribution in [3.8, 4) is 22.9 Å². The van der Waals surface area contributed by atoms with Gasteiger partial charge in [-0.1, -0.05) is 44.2 Å². The number of nitrogens with one attached hydrogen (secondary N) is 1. The Kier molecular flexibility index (Phi) is 9.65. The molecule has 0 radical (unpaired) electrons. The van der Waals surface area contributed by atoms with Gasteiger partial charge in [-0.2, -0.15) is 4.80 Å². The van der Waals surface area contributed by atoms with Crippen molar-refractivity contribution in [1.29, 1.82) is 0 Å². The van der Waals surface area contributed by atoms with Gasteiger partial charge in [-0.05, 0) is 91.8 Å². The van der Waals surface area contributed by atoms with E-state index in [1.807, 2.05) is 25.1 Å². The number of carbonyl (C=O) groups is 2. The zero-order valence-electron chi connectivity index (χ0n) is 26.8. The highest BCUT2D eigenvalue weighted by molar-refractivity contribution is 6.01. The summed E-state index contributed by atoms with van der Waals surface area (Å²) in [7, 11) is 3.12. The lowest BCUT2D eigenvalue weighted by atomic mass is 9.84. The molecule has 0 bridgehead atoms. The van der Waals surface area contributed by atoms with Crippen LogP contribution < -0.4 is 19.7 Å². The largest absolute Gasteiger partial charge is 0.493 e. The van der Waals surface area contributed by atoms with Gasteiger partial charge in [0.1, 0.15) is 18.1 Å². The molecule has 46 heavy (non-hydrogen) atoms. The molecule has 0 aliphatic heterocycles. The molecule has 2 aliphatic rings. The maximum Gasteiger partial charge on any atom is 0.251 e. The molecule has 2 saturated carbocycles. The van der Waals surface area contributed by atoms with Crippen molar-refractivity contribution in [2.24, 2.45) is 0 Å². The normalized spacial score (nSPS) is 16.2. The lowest BCUT2D eigenvalue weighted by Gasteiger charge is -2.31. The van der Waals surface area contributed by atoms with Crippen LogP contribution in [0.2, 0.25) is 0 Å². The Morgan fingerprint density at radius 1 is 0.935 bits per heavy atom. The van der Waals surface area contributed by atoms with E-state index in [1.54, 1.807) is 38.5 Å². The Balaban J connectivity index is 1.33. The molecule has 1 atom stereocenters. The van der Waals surface area contributed by atoms with Crippen LogP contribution in [-0.4, -0.2) is 52.3 Å². The number of tetrazole rings is 1. The van der Waals surface area contributed by atoms with Crippen LogP contribution in [0.1, 0.15) is 86.8 Å². The fraction of sp³-hybridized carbons (Fsp3) is 0.457. The third kappa shape index (κ3) is 6.93. The van der Waals surface area contributed by atoms with Gasteiger partial charge in [0, 0.05) is 17.3 Å². The Morgan fingerprint density at radius 2 is 1.65 bits per heavy atom. The zero-order valence-corrected chi connectivity index (χ0v) is 26.8. The van der Waals surface area contributed by atoms with Crippen molar-refractivity contribution in [2.45, 2.75) is 89.3 Å². The van der Waals surface area contributed by atoms with Crippen LogP contribution in [0.3, 0.4) is 0 Å². The van der Waals surface area contributed by atoms with E-state index < -0.39 is 6.04 Å². The van der Waals surface area contributed by atoms with Crippen LogP contribution in [0.4, 0.5) is 5.69 Å². The average molecular weight is 627 g/mol. The van der Waals surface area contributed by atoms with E-state index in [2.05, 4.69) is 32.9 Å². The number of aryl methyl sites for hydroxylation is 1. The maximum atomic E-state index is 14.3. The van der Waals surface area contributed by atoms with E-state index in [-0.39, 0.29) is 24.4 Å². The molecule has 0 saturated heterocycles. The van der Waals surface area contributed by atoms with E-state index in [1.165, 1.54) is 47.4 Å². The predicted molar refractivity (Wildman–Crippen MR) is 173 cm³/mol. The molecule has 242 valence electrons. The Labute approximate surface area is 269 Å². The van der Waals surface area contributed by atoms with Crippen LogP contribution in [0, 0.1) is 6.92 Å². The molecule has 4 aromatic rings. The quantitative estimate of drug-likeness (QED) is 0.211. The number of anilines is 1. The van der Waals surface area contributed by atoms with Gasteiger partial charge in [0.15, 0.2) is 17.5 Å². The number of ether oxygens (including phenoxy) is 2. The minimum Gasteiger partial charge on any atom is -0.493 e. The summed E-state index contributed by atoms with van der Waals surface area (Å²) >= 11 is 0. The number of nitrogens with zero attached hydrogens (tertiary/aromatic N) is 5. The van der Waals surface area contributed by atoms with E-state index >= 15 is 0 Å². The first-order valence-electron chi connectivity index (χ1n) is 16.2. The molecule has 11 nitrogen and oxygen atoms in total. The monoisotopic (exact) mass is 626 g/mol. The summed E-state index contributed by atoms with van der Waals surface area (Å²) in [4.78, 5) is 31.2. The Bertz CT molecular complexity index is 1640. The second-order valence-electron chi connectivity index (χ2n) is 12.2. The van der Waals surface area contributed by atoms with Gasteiger partial charge in [-0.15, -0.1) is 10.2 Å². The molecule has 2 fully saturated rings. The van der Waals surface area contributed by atoms with E-state index in [4.69, 9.17) is 13.9 Å². The molecule has 2 amide bonds. The molecule has 2 aromatic heterocycles. The summed E-state index contributed by atoms with van der Waals surface area (Å²) in [6.45, 7) is 1.59. The summed E-state index contributed by atoms with van der Waals surface area (Å²) < 4.78 is 16.8. The van der Waals surface area contributed by atoms with Crippen LogP contribution in [0.25, 0.3) is 11.4 Å². The molecule has 1 N–H and O–H groups in total. The summed E-state index contributed by atoms with van der Waals surface area (Å²) in [6, 6.07) is 16.0. The average Bonchev–Trinajstić information content (AvgIpc) is 3.87. The standard InChI is InChI=1S/C35H42N6O5/c1-23-13-19-30(46-23)33(35(43)36-27-11-7-8-12-27)41(28-17-14-25(15-18-28)24-9-5-4-6-10-24)32(42)22-40-38-34(37-39-40)26-16-20-29(44-2)31(21-26)45-3/h13-21,24,27,33H,4-12,22H2,1-3H3,(H,36,43). The van der Waals surface area contributed by atoms with Gasteiger partial charge in [0.2, 0.25) is 5.82 Å². The number of hydrogen-bond donors (Lipinski definition) is 1. The smallest absolute Gasteiger partial charge is 0.251 e.